The number of nitrogens with zero attached hydrogens (tertiary/aromatic N) is 1. The lowest BCUT2D eigenvalue weighted by atomic mass is 10.1. The summed E-state index contributed by atoms with van der Waals surface area (Å²) in [5.74, 6) is 0.781. The number of aryl methyl sites for hydroxylation is 1. The van der Waals surface area contributed by atoms with E-state index in [1.807, 2.05) is 32.9 Å². The van der Waals surface area contributed by atoms with Gasteiger partial charge >= 0.3 is 0 Å². The second-order valence-corrected chi connectivity index (χ2v) is 9.59. The Morgan fingerprint density at radius 2 is 1.81 bits per heavy atom. The number of carbonyl (C=O) groups is 2. The molecule has 0 fully saturated rings. The summed E-state index contributed by atoms with van der Waals surface area (Å²) >= 11 is 13.9. The van der Waals surface area contributed by atoms with Crippen LogP contribution >= 0.6 is 35.0 Å². The standard InChI is InChI=1S/C24H30Cl2N2O2S/c1-5-22(24(30)27-16(2)3)28(13-18-10-11-20(25)12-21(18)26)23(29)15-31-14-19-9-7-6-8-17(19)4/h6-12,16,22H,5,13-15H2,1-4H3,(H,27,30)/t22-/m0/s1. The van der Waals surface area contributed by atoms with Crippen molar-refractivity contribution in [3.63, 3.8) is 0 Å². The summed E-state index contributed by atoms with van der Waals surface area (Å²) in [6.07, 6.45) is 0.512. The van der Waals surface area contributed by atoms with E-state index in [1.54, 1.807) is 34.9 Å². The highest BCUT2D eigenvalue weighted by Crippen LogP contribution is 2.25. The van der Waals surface area contributed by atoms with E-state index in [-0.39, 0.29) is 30.2 Å². The van der Waals surface area contributed by atoms with Crippen molar-refractivity contribution >= 4 is 46.8 Å². The number of hydrogen-bond donors (Lipinski definition) is 1. The maximum atomic E-state index is 13.2. The molecule has 0 unspecified atom stereocenters. The van der Waals surface area contributed by atoms with Gasteiger partial charge in [-0.2, -0.15) is 0 Å². The van der Waals surface area contributed by atoms with Gasteiger partial charge in [0.05, 0.1) is 5.75 Å². The largest absolute Gasteiger partial charge is 0.352 e. The highest BCUT2D eigenvalue weighted by atomic mass is 35.5. The van der Waals surface area contributed by atoms with Crippen molar-refractivity contribution in [2.75, 3.05) is 5.75 Å². The van der Waals surface area contributed by atoms with Gasteiger partial charge in [0, 0.05) is 28.4 Å². The number of amides is 2. The fourth-order valence-electron chi connectivity index (χ4n) is 3.24. The first-order valence-electron chi connectivity index (χ1n) is 10.4. The molecule has 168 valence electrons. The molecule has 0 spiro atoms. The summed E-state index contributed by atoms with van der Waals surface area (Å²) in [4.78, 5) is 27.7. The Kier molecular flexibility index (Phi) is 10.2. The van der Waals surface area contributed by atoms with Gasteiger partial charge in [-0.3, -0.25) is 9.59 Å². The van der Waals surface area contributed by atoms with Gasteiger partial charge in [-0.15, -0.1) is 11.8 Å². The number of rotatable bonds is 10. The predicted molar refractivity (Wildman–Crippen MR) is 132 cm³/mol. The highest BCUT2D eigenvalue weighted by Gasteiger charge is 2.29. The molecule has 2 rings (SSSR count). The fraction of sp³-hybridized carbons (Fsp3) is 0.417. The Morgan fingerprint density at radius 1 is 1.10 bits per heavy atom. The van der Waals surface area contributed by atoms with Gasteiger partial charge < -0.3 is 10.2 Å². The SMILES string of the molecule is CC[C@@H](C(=O)NC(C)C)N(Cc1ccc(Cl)cc1Cl)C(=O)CSCc1ccccc1C. The number of halogens is 2. The van der Waals surface area contributed by atoms with Crippen molar-refractivity contribution in [3.05, 3.63) is 69.2 Å². The van der Waals surface area contributed by atoms with Gasteiger partial charge in [-0.05, 0) is 56.0 Å². The van der Waals surface area contributed by atoms with Crippen LogP contribution in [0.15, 0.2) is 42.5 Å². The van der Waals surface area contributed by atoms with Crippen LogP contribution in [-0.2, 0) is 21.9 Å². The number of nitrogens with one attached hydrogen (secondary N) is 1. The minimum absolute atomic E-state index is 0.00643. The topological polar surface area (TPSA) is 49.4 Å². The lowest BCUT2D eigenvalue weighted by Gasteiger charge is -2.31. The van der Waals surface area contributed by atoms with Gasteiger partial charge in [0.2, 0.25) is 11.8 Å². The number of hydrogen-bond acceptors (Lipinski definition) is 3. The molecular formula is C24H30Cl2N2O2S. The first-order valence-corrected chi connectivity index (χ1v) is 12.3. The van der Waals surface area contributed by atoms with Crippen LogP contribution in [-0.4, -0.2) is 34.6 Å². The van der Waals surface area contributed by atoms with Crippen LogP contribution in [0.5, 0.6) is 0 Å². The molecule has 2 aromatic rings. The van der Waals surface area contributed by atoms with Gasteiger partial charge in [-0.25, -0.2) is 0 Å². The quantitative estimate of drug-likeness (QED) is 0.462. The van der Waals surface area contributed by atoms with Crippen molar-refractivity contribution in [2.24, 2.45) is 0 Å². The van der Waals surface area contributed by atoms with E-state index < -0.39 is 6.04 Å². The number of thioether (sulfide) groups is 1. The molecule has 0 aromatic heterocycles. The highest BCUT2D eigenvalue weighted by molar-refractivity contribution is 7.99. The maximum absolute atomic E-state index is 13.2. The zero-order valence-electron chi connectivity index (χ0n) is 18.5. The molecule has 2 aromatic carbocycles. The van der Waals surface area contributed by atoms with Crippen LogP contribution in [0.1, 0.15) is 43.9 Å². The zero-order valence-corrected chi connectivity index (χ0v) is 20.8. The van der Waals surface area contributed by atoms with Gasteiger partial charge in [0.15, 0.2) is 0 Å². The Morgan fingerprint density at radius 3 is 2.42 bits per heavy atom. The molecule has 0 bridgehead atoms. The van der Waals surface area contributed by atoms with E-state index in [9.17, 15) is 9.59 Å². The molecule has 0 aliphatic heterocycles. The van der Waals surface area contributed by atoms with E-state index in [4.69, 9.17) is 23.2 Å². The zero-order chi connectivity index (χ0) is 23.0. The lowest BCUT2D eigenvalue weighted by molar-refractivity contribution is -0.139. The third kappa shape index (κ3) is 7.74. The normalized spacial score (nSPS) is 12.0. The molecule has 1 atom stereocenters. The van der Waals surface area contributed by atoms with Crippen LogP contribution in [0, 0.1) is 6.92 Å². The fourth-order valence-corrected chi connectivity index (χ4v) is 4.69. The first-order chi connectivity index (χ1) is 14.7. The smallest absolute Gasteiger partial charge is 0.243 e. The van der Waals surface area contributed by atoms with Crippen molar-refractivity contribution in [3.8, 4) is 0 Å². The van der Waals surface area contributed by atoms with E-state index in [0.29, 0.717) is 16.5 Å². The summed E-state index contributed by atoms with van der Waals surface area (Å²) in [6.45, 7) is 8.05. The van der Waals surface area contributed by atoms with E-state index in [1.165, 1.54) is 11.1 Å². The summed E-state index contributed by atoms with van der Waals surface area (Å²) in [7, 11) is 0. The van der Waals surface area contributed by atoms with E-state index in [0.717, 1.165) is 11.3 Å². The monoisotopic (exact) mass is 480 g/mol. The molecule has 4 nitrogen and oxygen atoms in total. The summed E-state index contributed by atoms with van der Waals surface area (Å²) in [5, 5.41) is 3.95. The second-order valence-electron chi connectivity index (χ2n) is 7.76. The molecule has 7 heteroatoms. The molecule has 0 aliphatic carbocycles. The minimum atomic E-state index is -0.569. The Balaban J connectivity index is 2.19. The van der Waals surface area contributed by atoms with Gasteiger partial charge in [0.25, 0.3) is 0 Å². The predicted octanol–water partition coefficient (Wildman–Crippen LogP) is 5.87. The average molecular weight is 481 g/mol. The molecule has 0 heterocycles. The molecule has 0 radical (unpaired) electrons. The molecule has 2 amide bonds. The second kappa shape index (κ2) is 12.4. The minimum Gasteiger partial charge on any atom is -0.352 e. The van der Waals surface area contributed by atoms with Gasteiger partial charge in [0.1, 0.15) is 6.04 Å². The summed E-state index contributed by atoms with van der Waals surface area (Å²) < 4.78 is 0. The molecule has 0 saturated heterocycles. The van der Waals surface area contributed by atoms with Crippen molar-refractivity contribution in [2.45, 2.75) is 58.5 Å². The molecule has 31 heavy (non-hydrogen) atoms. The first kappa shape index (κ1) is 25.6. The van der Waals surface area contributed by atoms with E-state index >= 15 is 0 Å². The van der Waals surface area contributed by atoms with E-state index in [2.05, 4.69) is 24.4 Å². The third-order valence-electron chi connectivity index (χ3n) is 4.92. The molecule has 0 saturated carbocycles. The van der Waals surface area contributed by atoms with Crippen LogP contribution < -0.4 is 5.32 Å². The number of benzene rings is 2. The van der Waals surface area contributed by atoms with Gasteiger partial charge in [-0.1, -0.05) is 60.5 Å². The van der Waals surface area contributed by atoms with Crippen LogP contribution in [0.3, 0.4) is 0 Å². The van der Waals surface area contributed by atoms with Crippen molar-refractivity contribution in [1.82, 2.24) is 10.2 Å². The third-order valence-corrected chi connectivity index (χ3v) is 6.47. The summed E-state index contributed by atoms with van der Waals surface area (Å²) in [6, 6.07) is 12.8. The van der Waals surface area contributed by atoms with Crippen LogP contribution in [0.2, 0.25) is 10.0 Å². The van der Waals surface area contributed by atoms with Crippen molar-refractivity contribution < 1.29 is 9.59 Å². The Hall–Kier alpha value is -1.69. The molecular weight excluding hydrogens is 451 g/mol. The van der Waals surface area contributed by atoms with Crippen LogP contribution in [0.4, 0.5) is 0 Å². The average Bonchev–Trinajstić information content (AvgIpc) is 2.70. The maximum Gasteiger partial charge on any atom is 0.243 e. The number of carbonyl (C=O) groups excluding carboxylic acids is 2. The molecule has 1 N–H and O–H groups in total. The van der Waals surface area contributed by atoms with Crippen molar-refractivity contribution in [1.29, 1.82) is 0 Å². The summed E-state index contributed by atoms with van der Waals surface area (Å²) in [5.41, 5.74) is 3.17. The molecule has 0 aliphatic rings. The van der Waals surface area contributed by atoms with Crippen LogP contribution in [0.25, 0.3) is 0 Å². The Labute approximate surface area is 199 Å². The Bertz CT molecular complexity index is 905. The lowest BCUT2D eigenvalue weighted by Crippen LogP contribution is -2.51.